The van der Waals surface area contributed by atoms with Crippen molar-refractivity contribution in [2.45, 2.75) is 19.1 Å². The zero-order valence-corrected chi connectivity index (χ0v) is 14.8. The van der Waals surface area contributed by atoms with E-state index in [-0.39, 0.29) is 12.3 Å². The standard InChI is InChI=1S/C19H21NO4S/c1-2-24-17-9-4-3-8-16(17)19(23)20-15-7-5-6-14(12-15)13-25-11-10-18(21)22/h3-9,12H,2,10-11,13H2,1H3,(H,20,23)(H,21,22). The molecule has 2 aromatic rings. The molecule has 0 unspecified atom stereocenters. The van der Waals surface area contributed by atoms with E-state index < -0.39 is 5.97 Å². The number of hydrogen-bond donors (Lipinski definition) is 2. The fourth-order valence-corrected chi connectivity index (χ4v) is 3.10. The zero-order chi connectivity index (χ0) is 18.1. The van der Waals surface area contributed by atoms with E-state index >= 15 is 0 Å². The van der Waals surface area contributed by atoms with Crippen molar-refractivity contribution >= 4 is 29.3 Å². The molecule has 0 saturated heterocycles. The van der Waals surface area contributed by atoms with Gasteiger partial charge in [-0.3, -0.25) is 9.59 Å². The van der Waals surface area contributed by atoms with Crippen LogP contribution in [0.2, 0.25) is 0 Å². The second-order valence-electron chi connectivity index (χ2n) is 5.28. The zero-order valence-electron chi connectivity index (χ0n) is 14.0. The number of carboxylic acid groups (broad SMARTS) is 1. The van der Waals surface area contributed by atoms with Gasteiger partial charge in [-0.25, -0.2) is 0 Å². The number of benzene rings is 2. The number of carbonyl (C=O) groups excluding carboxylic acids is 1. The van der Waals surface area contributed by atoms with Crippen LogP contribution in [0.1, 0.15) is 29.3 Å². The minimum absolute atomic E-state index is 0.148. The third-order valence-corrected chi connectivity index (χ3v) is 4.38. The van der Waals surface area contributed by atoms with Gasteiger partial charge in [0.1, 0.15) is 5.75 Å². The van der Waals surface area contributed by atoms with Crippen molar-refractivity contribution < 1.29 is 19.4 Å². The van der Waals surface area contributed by atoms with Crippen LogP contribution in [0.4, 0.5) is 5.69 Å². The van der Waals surface area contributed by atoms with Gasteiger partial charge in [0.05, 0.1) is 18.6 Å². The molecule has 0 radical (unpaired) electrons. The number of carbonyl (C=O) groups is 2. The molecule has 0 aliphatic rings. The number of carboxylic acids is 1. The van der Waals surface area contributed by atoms with Crippen LogP contribution in [0.5, 0.6) is 5.75 Å². The van der Waals surface area contributed by atoms with Crippen molar-refractivity contribution in [3.05, 3.63) is 59.7 Å². The van der Waals surface area contributed by atoms with Crippen LogP contribution in [0, 0.1) is 0 Å². The fraction of sp³-hybridized carbons (Fsp3) is 0.263. The van der Waals surface area contributed by atoms with Crippen molar-refractivity contribution in [2.24, 2.45) is 0 Å². The summed E-state index contributed by atoms with van der Waals surface area (Å²) in [6.07, 6.45) is 0.148. The van der Waals surface area contributed by atoms with Crippen molar-refractivity contribution in [3.8, 4) is 5.75 Å². The molecule has 0 saturated carbocycles. The molecule has 0 spiro atoms. The average Bonchev–Trinajstić information content (AvgIpc) is 2.60. The highest BCUT2D eigenvalue weighted by atomic mass is 32.2. The molecule has 0 heterocycles. The molecule has 5 nitrogen and oxygen atoms in total. The summed E-state index contributed by atoms with van der Waals surface area (Å²) in [4.78, 5) is 23.0. The topological polar surface area (TPSA) is 75.6 Å². The van der Waals surface area contributed by atoms with Crippen molar-refractivity contribution in [3.63, 3.8) is 0 Å². The maximum Gasteiger partial charge on any atom is 0.304 e. The number of aliphatic carboxylic acids is 1. The first kappa shape index (κ1) is 18.9. The van der Waals surface area contributed by atoms with Crippen molar-refractivity contribution in [1.82, 2.24) is 0 Å². The minimum Gasteiger partial charge on any atom is -0.493 e. The maximum absolute atomic E-state index is 12.5. The van der Waals surface area contributed by atoms with Gasteiger partial charge in [-0.15, -0.1) is 0 Å². The van der Waals surface area contributed by atoms with E-state index in [2.05, 4.69) is 5.32 Å². The summed E-state index contributed by atoms with van der Waals surface area (Å²) < 4.78 is 5.49. The summed E-state index contributed by atoms with van der Waals surface area (Å²) in [5, 5.41) is 11.5. The number of para-hydroxylation sites is 1. The highest BCUT2D eigenvalue weighted by Gasteiger charge is 2.12. The van der Waals surface area contributed by atoms with Gasteiger partial charge in [-0.1, -0.05) is 24.3 Å². The van der Waals surface area contributed by atoms with Crippen molar-refractivity contribution in [1.29, 1.82) is 0 Å². The molecule has 0 fully saturated rings. The van der Waals surface area contributed by atoms with Gasteiger partial charge in [0.15, 0.2) is 0 Å². The van der Waals surface area contributed by atoms with E-state index in [1.54, 1.807) is 30.0 Å². The Bertz CT molecular complexity index is 733. The van der Waals surface area contributed by atoms with Gasteiger partial charge in [0, 0.05) is 17.2 Å². The summed E-state index contributed by atoms with van der Waals surface area (Å²) in [5.74, 6) is 0.810. The third kappa shape index (κ3) is 6.15. The Hall–Kier alpha value is -2.47. The molecule has 0 bridgehead atoms. The molecular formula is C19H21NO4S. The second-order valence-corrected chi connectivity index (χ2v) is 6.39. The Labute approximate surface area is 151 Å². The van der Waals surface area contributed by atoms with Crippen molar-refractivity contribution in [2.75, 3.05) is 17.7 Å². The monoisotopic (exact) mass is 359 g/mol. The van der Waals surface area contributed by atoms with Gasteiger partial charge in [-0.05, 0) is 36.8 Å². The number of anilines is 1. The first-order valence-corrected chi connectivity index (χ1v) is 9.17. The molecule has 6 heteroatoms. The summed E-state index contributed by atoms with van der Waals surface area (Å²) >= 11 is 1.55. The molecular weight excluding hydrogens is 338 g/mol. The molecule has 2 aromatic carbocycles. The van der Waals surface area contributed by atoms with E-state index in [9.17, 15) is 9.59 Å². The van der Waals surface area contributed by atoms with E-state index in [0.29, 0.717) is 35.1 Å². The van der Waals surface area contributed by atoms with E-state index in [4.69, 9.17) is 9.84 Å². The van der Waals surface area contributed by atoms with Gasteiger partial charge in [0.2, 0.25) is 0 Å². The summed E-state index contributed by atoms with van der Waals surface area (Å²) in [7, 11) is 0. The van der Waals surface area contributed by atoms with Crippen LogP contribution < -0.4 is 10.1 Å². The lowest BCUT2D eigenvalue weighted by molar-refractivity contribution is -0.136. The second kappa shape index (κ2) is 9.74. The van der Waals surface area contributed by atoms with Crippen LogP contribution in [0.25, 0.3) is 0 Å². The number of ether oxygens (including phenoxy) is 1. The molecule has 132 valence electrons. The van der Waals surface area contributed by atoms with Crippen LogP contribution in [-0.2, 0) is 10.5 Å². The fourth-order valence-electron chi connectivity index (χ4n) is 2.22. The van der Waals surface area contributed by atoms with Crippen LogP contribution >= 0.6 is 11.8 Å². The predicted molar refractivity (Wildman–Crippen MR) is 100 cm³/mol. The van der Waals surface area contributed by atoms with Crippen LogP contribution in [0.3, 0.4) is 0 Å². The largest absolute Gasteiger partial charge is 0.493 e. The van der Waals surface area contributed by atoms with E-state index in [1.807, 2.05) is 37.3 Å². The first-order chi connectivity index (χ1) is 12.1. The lowest BCUT2D eigenvalue weighted by Gasteiger charge is -2.11. The maximum atomic E-state index is 12.5. The van der Waals surface area contributed by atoms with Crippen LogP contribution in [0.15, 0.2) is 48.5 Å². The molecule has 2 N–H and O–H groups in total. The number of rotatable bonds is 9. The Morgan fingerprint density at radius 2 is 1.96 bits per heavy atom. The first-order valence-electron chi connectivity index (χ1n) is 8.01. The number of amides is 1. The molecule has 0 aromatic heterocycles. The van der Waals surface area contributed by atoms with Gasteiger partial charge in [-0.2, -0.15) is 11.8 Å². The lowest BCUT2D eigenvalue weighted by atomic mass is 10.1. The van der Waals surface area contributed by atoms with E-state index in [1.165, 1.54) is 0 Å². The molecule has 0 atom stereocenters. The Balaban J connectivity index is 1.99. The number of nitrogens with one attached hydrogen (secondary N) is 1. The highest BCUT2D eigenvalue weighted by Crippen LogP contribution is 2.21. The van der Waals surface area contributed by atoms with E-state index in [0.717, 1.165) is 5.56 Å². The Morgan fingerprint density at radius 1 is 1.16 bits per heavy atom. The normalized spacial score (nSPS) is 10.3. The summed E-state index contributed by atoms with van der Waals surface area (Å²) in [6, 6.07) is 14.7. The lowest BCUT2D eigenvalue weighted by Crippen LogP contribution is -2.13. The average molecular weight is 359 g/mol. The van der Waals surface area contributed by atoms with Gasteiger partial charge in [0.25, 0.3) is 5.91 Å². The SMILES string of the molecule is CCOc1ccccc1C(=O)Nc1cccc(CSCCC(=O)O)c1. The molecule has 0 aliphatic heterocycles. The Morgan fingerprint density at radius 3 is 2.72 bits per heavy atom. The van der Waals surface area contributed by atoms with Crippen LogP contribution in [-0.4, -0.2) is 29.3 Å². The Kier molecular flexibility index (Phi) is 7.35. The molecule has 2 rings (SSSR count). The smallest absolute Gasteiger partial charge is 0.304 e. The number of thioether (sulfide) groups is 1. The molecule has 1 amide bonds. The highest BCUT2D eigenvalue weighted by molar-refractivity contribution is 7.98. The predicted octanol–water partition coefficient (Wildman–Crippen LogP) is 4.05. The quantitative estimate of drug-likeness (QED) is 0.661. The summed E-state index contributed by atoms with van der Waals surface area (Å²) in [5.41, 5.74) is 2.23. The molecule has 25 heavy (non-hydrogen) atoms. The summed E-state index contributed by atoms with van der Waals surface area (Å²) in [6.45, 7) is 2.37. The number of hydrogen-bond acceptors (Lipinski definition) is 4. The third-order valence-electron chi connectivity index (χ3n) is 3.35. The van der Waals surface area contributed by atoms with Gasteiger partial charge >= 0.3 is 5.97 Å². The minimum atomic E-state index is -0.790. The molecule has 0 aliphatic carbocycles. The van der Waals surface area contributed by atoms with Gasteiger partial charge < -0.3 is 15.2 Å².